The van der Waals surface area contributed by atoms with Gasteiger partial charge < -0.3 is 10.2 Å². The van der Waals surface area contributed by atoms with Crippen LogP contribution in [0.5, 0.6) is 0 Å². The third-order valence-electron chi connectivity index (χ3n) is 8.62. The molecule has 0 saturated carbocycles. The summed E-state index contributed by atoms with van der Waals surface area (Å²) in [5, 5.41) is 21.4. The van der Waals surface area contributed by atoms with Gasteiger partial charge in [-0.05, 0) is 93.3 Å². The van der Waals surface area contributed by atoms with E-state index in [1.807, 2.05) is 54.6 Å². The Morgan fingerprint density at radius 3 is 1.75 bits per heavy atom. The molecule has 0 bridgehead atoms. The van der Waals surface area contributed by atoms with Crippen molar-refractivity contribution in [3.63, 3.8) is 0 Å². The Hall–Kier alpha value is -5.17. The lowest BCUT2D eigenvalue weighted by molar-refractivity contribution is 0.0195. The summed E-state index contributed by atoms with van der Waals surface area (Å²) in [7, 11) is 0. The Morgan fingerprint density at radius 2 is 1.25 bits per heavy atom. The SMILES string of the molecule is C#Cc1ccccn1.CC1(O)CCc2nc3cc(Br)ccc3c(=O)n2C1.CC1(O)CCc2nc3cc(C#Cc4ccccn4)ccc3c(=O)n2C1.Cl. The van der Waals surface area contributed by atoms with Crippen molar-refractivity contribution in [3.8, 4) is 24.2 Å². The van der Waals surface area contributed by atoms with Gasteiger partial charge in [-0.15, -0.1) is 18.8 Å². The predicted molar refractivity (Wildman–Crippen MR) is 207 cm³/mol. The maximum Gasteiger partial charge on any atom is 0.261 e. The van der Waals surface area contributed by atoms with Crippen LogP contribution in [0.15, 0.2) is 99.3 Å². The Labute approximate surface area is 315 Å². The van der Waals surface area contributed by atoms with Crippen LogP contribution in [0, 0.1) is 24.2 Å². The van der Waals surface area contributed by atoms with E-state index >= 15 is 0 Å². The van der Waals surface area contributed by atoms with Gasteiger partial charge in [0.2, 0.25) is 0 Å². The molecule has 12 heteroatoms. The molecule has 0 amide bonds. The minimum Gasteiger partial charge on any atom is -0.388 e. The van der Waals surface area contributed by atoms with E-state index in [1.165, 1.54) is 0 Å². The Kier molecular flexibility index (Phi) is 11.7. The number of aryl methyl sites for hydroxylation is 2. The average molecular weight is 780 g/mol. The average Bonchev–Trinajstić information content (AvgIpc) is 3.12. The summed E-state index contributed by atoms with van der Waals surface area (Å²) >= 11 is 3.38. The van der Waals surface area contributed by atoms with Crippen molar-refractivity contribution in [2.75, 3.05) is 0 Å². The van der Waals surface area contributed by atoms with Crippen molar-refractivity contribution >= 4 is 50.1 Å². The molecule has 2 aliphatic heterocycles. The number of pyridine rings is 2. The second-order valence-corrected chi connectivity index (χ2v) is 14.0. The molecule has 0 aliphatic carbocycles. The number of hydrogen-bond donors (Lipinski definition) is 2. The summed E-state index contributed by atoms with van der Waals surface area (Å²) < 4.78 is 4.10. The van der Waals surface area contributed by atoms with Gasteiger partial charge in [0.1, 0.15) is 23.0 Å². The molecule has 10 nitrogen and oxygen atoms in total. The van der Waals surface area contributed by atoms with Gasteiger partial charge >= 0.3 is 0 Å². The highest BCUT2D eigenvalue weighted by atomic mass is 79.9. The summed E-state index contributed by atoms with van der Waals surface area (Å²) in [4.78, 5) is 42.3. The molecule has 6 aromatic rings. The van der Waals surface area contributed by atoms with Crippen LogP contribution in [0.3, 0.4) is 0 Å². The Bertz CT molecular complexity index is 2470. The number of hydrogen-bond acceptors (Lipinski definition) is 8. The monoisotopic (exact) mass is 778 g/mol. The molecule has 0 saturated heterocycles. The topological polar surface area (TPSA) is 136 Å². The minimum absolute atomic E-state index is 0. The van der Waals surface area contributed by atoms with E-state index in [-0.39, 0.29) is 30.1 Å². The van der Waals surface area contributed by atoms with Crippen molar-refractivity contribution in [3.05, 3.63) is 139 Å². The molecule has 0 spiro atoms. The van der Waals surface area contributed by atoms with Crippen molar-refractivity contribution in [2.24, 2.45) is 0 Å². The van der Waals surface area contributed by atoms with Gasteiger partial charge in [-0.25, -0.2) is 19.9 Å². The molecule has 2 atom stereocenters. The van der Waals surface area contributed by atoms with Gasteiger partial charge in [-0.1, -0.05) is 39.9 Å². The fourth-order valence-corrected chi connectivity index (χ4v) is 6.26. The van der Waals surface area contributed by atoms with E-state index in [0.717, 1.165) is 21.7 Å². The number of nitrogens with zero attached hydrogens (tertiary/aromatic N) is 6. The van der Waals surface area contributed by atoms with Crippen LogP contribution >= 0.6 is 28.3 Å². The summed E-state index contributed by atoms with van der Waals surface area (Å²) in [5.74, 6) is 9.97. The minimum atomic E-state index is -0.861. The number of benzene rings is 2. The molecule has 0 radical (unpaired) electrons. The molecule has 0 fully saturated rings. The first-order chi connectivity index (χ1) is 24.4. The van der Waals surface area contributed by atoms with Crippen LogP contribution < -0.4 is 11.1 Å². The molecule has 2 unspecified atom stereocenters. The quantitative estimate of drug-likeness (QED) is 0.200. The molecule has 264 valence electrons. The molecule has 2 N–H and O–H groups in total. The van der Waals surface area contributed by atoms with E-state index in [0.29, 0.717) is 65.4 Å². The highest BCUT2D eigenvalue weighted by Crippen LogP contribution is 2.24. The number of halogens is 2. The van der Waals surface area contributed by atoms with Gasteiger partial charge in [0, 0.05) is 35.3 Å². The number of aliphatic hydroxyl groups is 2. The maximum atomic E-state index is 12.7. The molecule has 52 heavy (non-hydrogen) atoms. The number of terminal acetylenes is 1. The Morgan fingerprint density at radius 1 is 0.731 bits per heavy atom. The maximum absolute atomic E-state index is 12.7. The van der Waals surface area contributed by atoms with Crippen molar-refractivity contribution in [1.29, 1.82) is 0 Å². The summed E-state index contributed by atoms with van der Waals surface area (Å²) in [6.45, 7) is 4.11. The summed E-state index contributed by atoms with van der Waals surface area (Å²) in [6.07, 6.45) is 10.9. The van der Waals surface area contributed by atoms with Gasteiger partial charge in [-0.3, -0.25) is 18.7 Å². The lowest BCUT2D eigenvalue weighted by Gasteiger charge is -2.30. The van der Waals surface area contributed by atoms with Crippen LogP contribution in [0.1, 0.15) is 55.3 Å². The fourth-order valence-electron chi connectivity index (χ4n) is 5.92. The van der Waals surface area contributed by atoms with Crippen LogP contribution in [0.25, 0.3) is 21.8 Å². The van der Waals surface area contributed by atoms with Crippen molar-refractivity contribution in [2.45, 2.75) is 63.8 Å². The van der Waals surface area contributed by atoms with E-state index in [9.17, 15) is 19.8 Å². The first-order valence-corrected chi connectivity index (χ1v) is 17.2. The van der Waals surface area contributed by atoms with E-state index in [4.69, 9.17) is 6.42 Å². The normalized spacial score (nSPS) is 18.4. The van der Waals surface area contributed by atoms with Crippen LogP contribution in [0.4, 0.5) is 0 Å². The molecule has 4 aromatic heterocycles. The highest BCUT2D eigenvalue weighted by molar-refractivity contribution is 9.10. The molecular weight excluding hydrogens is 744 g/mol. The number of aromatic nitrogens is 6. The lowest BCUT2D eigenvalue weighted by Crippen LogP contribution is -2.42. The van der Waals surface area contributed by atoms with Crippen LogP contribution in [0.2, 0.25) is 0 Å². The second-order valence-electron chi connectivity index (χ2n) is 13.1. The molecule has 2 aromatic carbocycles. The fraction of sp³-hybridized carbons (Fsp3) is 0.250. The first-order valence-electron chi connectivity index (χ1n) is 16.4. The molecule has 2 aliphatic rings. The van der Waals surface area contributed by atoms with Gasteiger partial charge in [0.15, 0.2) is 0 Å². The Balaban J connectivity index is 0.000000169. The zero-order valence-electron chi connectivity index (χ0n) is 28.6. The number of rotatable bonds is 0. The van der Waals surface area contributed by atoms with Crippen molar-refractivity contribution in [1.82, 2.24) is 29.1 Å². The highest BCUT2D eigenvalue weighted by Gasteiger charge is 2.30. The largest absolute Gasteiger partial charge is 0.388 e. The summed E-state index contributed by atoms with van der Waals surface area (Å²) in [6, 6.07) is 21.9. The lowest BCUT2D eigenvalue weighted by atomic mass is 9.96. The van der Waals surface area contributed by atoms with Crippen LogP contribution in [-0.2, 0) is 25.9 Å². The third kappa shape index (κ3) is 9.00. The van der Waals surface area contributed by atoms with Crippen molar-refractivity contribution < 1.29 is 10.2 Å². The van der Waals surface area contributed by atoms with E-state index in [2.05, 4.69) is 53.6 Å². The van der Waals surface area contributed by atoms with Gasteiger partial charge in [0.25, 0.3) is 11.1 Å². The predicted octanol–water partition coefficient (Wildman–Crippen LogP) is 5.23. The van der Waals surface area contributed by atoms with E-state index < -0.39 is 11.2 Å². The first kappa shape index (κ1) is 38.1. The standard InChI is InChI=1S/C20H17N3O2.C13H13BrN2O2.C7H5N.ClH/c1-20(25)10-9-18-22-17-12-14(5-7-15-4-2-3-11-21-15)6-8-16(17)19(24)23(18)13-20;1-13(18)5-4-11-15-10-6-8(14)2-3-9(10)12(17)16(11)7-13;1-2-7-5-3-4-6-8-7;/h2-4,6,8,11-12,25H,9-10,13H2,1H3;2-3,6,18H,4-5,7H2,1H3;1,3-6H;1H. The zero-order valence-corrected chi connectivity index (χ0v) is 31.0. The second kappa shape index (κ2) is 16.0. The zero-order chi connectivity index (χ0) is 36.2. The molecule has 8 rings (SSSR count). The van der Waals surface area contributed by atoms with Gasteiger partial charge in [0.05, 0.1) is 46.1 Å². The summed E-state index contributed by atoms with van der Waals surface area (Å²) in [5.41, 5.74) is 1.68. The smallest absolute Gasteiger partial charge is 0.261 e. The third-order valence-corrected chi connectivity index (χ3v) is 9.11. The number of fused-ring (bicyclic) bond motifs is 4. The van der Waals surface area contributed by atoms with Crippen LogP contribution in [-0.4, -0.2) is 50.5 Å². The van der Waals surface area contributed by atoms with Gasteiger partial charge in [-0.2, -0.15) is 0 Å². The van der Waals surface area contributed by atoms with E-state index in [1.54, 1.807) is 53.6 Å². The molecule has 6 heterocycles. The molecular formula is C40H36BrClN6O4.